The Morgan fingerprint density at radius 1 is 1.28 bits per heavy atom. The topological polar surface area (TPSA) is 74.6 Å². The summed E-state index contributed by atoms with van der Waals surface area (Å²) in [7, 11) is 0. The van der Waals surface area contributed by atoms with Crippen LogP contribution in [0.2, 0.25) is 10.0 Å². The first-order valence-electron chi connectivity index (χ1n) is 4.90. The molecule has 0 fully saturated rings. The molecule has 18 heavy (non-hydrogen) atoms. The van der Waals surface area contributed by atoms with Crippen LogP contribution in [0.15, 0.2) is 18.2 Å². The Balaban J connectivity index is 2.66. The summed E-state index contributed by atoms with van der Waals surface area (Å²) in [6.07, 6.45) is -0.425. The maximum absolute atomic E-state index is 10.9. The first-order valence-corrected chi connectivity index (χ1v) is 6.70. The lowest BCUT2D eigenvalue weighted by atomic mass is 10.2. The van der Waals surface area contributed by atoms with Crippen molar-refractivity contribution in [2.24, 2.45) is 0 Å². The molecule has 1 rings (SSSR count). The van der Waals surface area contributed by atoms with Gasteiger partial charge in [-0.3, -0.25) is 9.59 Å². The smallest absolute Gasteiger partial charge is 0.317 e. The number of benzene rings is 1. The number of carbonyl (C=O) groups is 2. The second-order valence-electron chi connectivity index (χ2n) is 3.47. The SMILES string of the molecule is O=C(O)C[C@H](SCc1ccc(Cl)cc1Cl)C(=O)O. The van der Waals surface area contributed by atoms with Crippen LogP contribution in [-0.4, -0.2) is 27.4 Å². The fraction of sp³-hybridized carbons (Fsp3) is 0.273. The first kappa shape index (κ1) is 15.1. The molecule has 1 aromatic carbocycles. The third-order valence-corrected chi connectivity index (χ3v) is 3.93. The molecule has 0 aliphatic heterocycles. The van der Waals surface area contributed by atoms with E-state index in [0.717, 1.165) is 17.3 Å². The molecule has 0 saturated carbocycles. The van der Waals surface area contributed by atoms with Gasteiger partial charge in [0.05, 0.1) is 6.42 Å². The van der Waals surface area contributed by atoms with E-state index < -0.39 is 23.6 Å². The van der Waals surface area contributed by atoms with Crippen LogP contribution < -0.4 is 0 Å². The molecule has 0 unspecified atom stereocenters. The lowest BCUT2D eigenvalue weighted by molar-refractivity contribution is -0.142. The van der Waals surface area contributed by atoms with E-state index in [9.17, 15) is 9.59 Å². The van der Waals surface area contributed by atoms with Gasteiger partial charge in [-0.25, -0.2) is 0 Å². The third-order valence-electron chi connectivity index (χ3n) is 2.09. The molecule has 0 amide bonds. The van der Waals surface area contributed by atoms with Gasteiger partial charge in [-0.2, -0.15) is 0 Å². The number of aliphatic carboxylic acids is 2. The van der Waals surface area contributed by atoms with Crippen molar-refractivity contribution in [3.8, 4) is 0 Å². The zero-order chi connectivity index (χ0) is 13.7. The predicted octanol–water partition coefficient (Wildman–Crippen LogP) is 3.15. The van der Waals surface area contributed by atoms with Crippen molar-refractivity contribution in [3.05, 3.63) is 33.8 Å². The first-order chi connectivity index (χ1) is 8.40. The van der Waals surface area contributed by atoms with Gasteiger partial charge in [0, 0.05) is 15.8 Å². The predicted molar refractivity (Wildman–Crippen MR) is 71.4 cm³/mol. The summed E-state index contributed by atoms with van der Waals surface area (Å²) in [6, 6.07) is 4.90. The van der Waals surface area contributed by atoms with Crippen LogP contribution in [0.3, 0.4) is 0 Å². The molecule has 0 aromatic heterocycles. The monoisotopic (exact) mass is 308 g/mol. The average Bonchev–Trinajstić information content (AvgIpc) is 2.25. The van der Waals surface area contributed by atoms with Crippen LogP contribution in [0.1, 0.15) is 12.0 Å². The van der Waals surface area contributed by atoms with E-state index in [4.69, 9.17) is 33.4 Å². The molecular weight excluding hydrogens is 299 g/mol. The van der Waals surface area contributed by atoms with Crippen molar-refractivity contribution in [2.75, 3.05) is 0 Å². The quantitative estimate of drug-likeness (QED) is 0.844. The molecule has 0 aliphatic rings. The highest BCUT2D eigenvalue weighted by Gasteiger charge is 2.21. The minimum atomic E-state index is -1.15. The molecule has 98 valence electrons. The fourth-order valence-corrected chi connectivity index (χ4v) is 2.80. The van der Waals surface area contributed by atoms with E-state index in [1.165, 1.54) is 0 Å². The Hall–Kier alpha value is -0.910. The normalized spacial score (nSPS) is 12.1. The second kappa shape index (κ2) is 6.87. The van der Waals surface area contributed by atoms with Crippen LogP contribution >= 0.6 is 35.0 Å². The highest BCUT2D eigenvalue weighted by atomic mass is 35.5. The van der Waals surface area contributed by atoms with Crippen molar-refractivity contribution in [1.29, 1.82) is 0 Å². The Morgan fingerprint density at radius 2 is 1.94 bits per heavy atom. The molecule has 0 saturated heterocycles. The number of hydrogen-bond acceptors (Lipinski definition) is 3. The molecule has 0 aliphatic carbocycles. The molecule has 0 bridgehead atoms. The lowest BCUT2D eigenvalue weighted by Gasteiger charge is -2.10. The van der Waals surface area contributed by atoms with E-state index in [0.29, 0.717) is 15.8 Å². The highest BCUT2D eigenvalue weighted by molar-refractivity contribution is 7.99. The third kappa shape index (κ3) is 4.76. The van der Waals surface area contributed by atoms with Gasteiger partial charge in [-0.15, -0.1) is 11.8 Å². The second-order valence-corrected chi connectivity index (χ2v) is 5.51. The van der Waals surface area contributed by atoms with Crippen molar-refractivity contribution >= 4 is 46.9 Å². The summed E-state index contributed by atoms with van der Waals surface area (Å²) >= 11 is 12.7. The van der Waals surface area contributed by atoms with Gasteiger partial charge >= 0.3 is 11.9 Å². The van der Waals surface area contributed by atoms with Crippen LogP contribution in [-0.2, 0) is 15.3 Å². The molecule has 7 heteroatoms. The number of rotatable bonds is 6. The van der Waals surface area contributed by atoms with Crippen molar-refractivity contribution in [2.45, 2.75) is 17.4 Å². The van der Waals surface area contributed by atoms with E-state index >= 15 is 0 Å². The summed E-state index contributed by atoms with van der Waals surface area (Å²) in [4.78, 5) is 21.4. The lowest BCUT2D eigenvalue weighted by Crippen LogP contribution is -2.20. The molecular formula is C11H10Cl2O4S. The summed E-state index contributed by atoms with van der Waals surface area (Å²) < 4.78 is 0. The van der Waals surface area contributed by atoms with Crippen LogP contribution in [0.25, 0.3) is 0 Å². The zero-order valence-corrected chi connectivity index (χ0v) is 11.4. The van der Waals surface area contributed by atoms with Gasteiger partial charge in [0.15, 0.2) is 0 Å². The summed E-state index contributed by atoms with van der Waals surface area (Å²) in [5.41, 5.74) is 0.725. The molecule has 0 spiro atoms. The Bertz CT molecular complexity index is 464. The maximum atomic E-state index is 10.9. The maximum Gasteiger partial charge on any atom is 0.317 e. The van der Waals surface area contributed by atoms with Crippen molar-refractivity contribution in [1.82, 2.24) is 0 Å². The standard InChI is InChI=1S/C11H10Cl2O4S/c12-7-2-1-6(8(13)3-7)5-18-9(11(16)17)4-10(14)15/h1-3,9H,4-5H2,(H,14,15)(H,16,17)/t9-/m0/s1. The van der Waals surface area contributed by atoms with E-state index in [-0.39, 0.29) is 0 Å². The van der Waals surface area contributed by atoms with Crippen molar-refractivity contribution < 1.29 is 19.8 Å². The Kier molecular flexibility index (Phi) is 5.78. The number of hydrogen-bond donors (Lipinski definition) is 2. The zero-order valence-electron chi connectivity index (χ0n) is 9.10. The molecule has 4 nitrogen and oxygen atoms in total. The average molecular weight is 309 g/mol. The summed E-state index contributed by atoms with van der Waals surface area (Å²) in [6.45, 7) is 0. The Labute approximate surface area is 118 Å². The van der Waals surface area contributed by atoms with Gasteiger partial charge < -0.3 is 10.2 Å². The van der Waals surface area contributed by atoms with Crippen molar-refractivity contribution in [3.63, 3.8) is 0 Å². The van der Waals surface area contributed by atoms with E-state index in [1.54, 1.807) is 18.2 Å². The molecule has 1 atom stereocenters. The van der Waals surface area contributed by atoms with Gasteiger partial charge in [0.2, 0.25) is 0 Å². The molecule has 0 radical (unpaired) electrons. The largest absolute Gasteiger partial charge is 0.481 e. The number of carboxylic acid groups (broad SMARTS) is 2. The summed E-state index contributed by atoms with van der Waals surface area (Å²) in [5.74, 6) is -1.97. The number of carboxylic acids is 2. The number of thioether (sulfide) groups is 1. The minimum Gasteiger partial charge on any atom is -0.481 e. The van der Waals surface area contributed by atoms with Gasteiger partial charge in [0.25, 0.3) is 0 Å². The van der Waals surface area contributed by atoms with E-state index in [1.807, 2.05) is 0 Å². The van der Waals surface area contributed by atoms with Gasteiger partial charge in [-0.05, 0) is 17.7 Å². The molecule has 1 aromatic rings. The van der Waals surface area contributed by atoms with Gasteiger partial charge in [-0.1, -0.05) is 29.3 Å². The Morgan fingerprint density at radius 3 is 2.44 bits per heavy atom. The number of halogens is 2. The molecule has 2 N–H and O–H groups in total. The highest BCUT2D eigenvalue weighted by Crippen LogP contribution is 2.27. The van der Waals surface area contributed by atoms with Crippen LogP contribution in [0.5, 0.6) is 0 Å². The van der Waals surface area contributed by atoms with Crippen LogP contribution in [0.4, 0.5) is 0 Å². The minimum absolute atomic E-state index is 0.320. The summed E-state index contributed by atoms with van der Waals surface area (Å²) in [5, 5.41) is 17.4. The fourth-order valence-electron chi connectivity index (χ4n) is 1.21. The van der Waals surface area contributed by atoms with Gasteiger partial charge in [0.1, 0.15) is 5.25 Å². The van der Waals surface area contributed by atoms with Crippen LogP contribution in [0, 0.1) is 0 Å². The van der Waals surface area contributed by atoms with E-state index in [2.05, 4.69) is 0 Å². The molecule has 0 heterocycles.